The topological polar surface area (TPSA) is 140 Å². The van der Waals surface area contributed by atoms with Gasteiger partial charge in [0.05, 0.1) is 6.54 Å². The highest BCUT2D eigenvalue weighted by Gasteiger charge is 2.28. The Labute approximate surface area is 199 Å². The first kappa shape index (κ1) is 25.4. The maximum atomic E-state index is 13.6. The van der Waals surface area contributed by atoms with Gasteiger partial charge in [-0.1, -0.05) is 51.1 Å². The molecule has 3 aromatic rings. The van der Waals surface area contributed by atoms with Gasteiger partial charge in [-0.2, -0.15) is 4.98 Å². The third-order valence-corrected chi connectivity index (χ3v) is 7.47. The van der Waals surface area contributed by atoms with Crippen LogP contribution >= 0.6 is 0 Å². The number of nitrogens with two attached hydrogens (primary N) is 1. The molecule has 0 fully saturated rings. The second-order valence-electron chi connectivity index (χ2n) is 9.00. The van der Waals surface area contributed by atoms with Gasteiger partial charge in [0, 0.05) is 18.8 Å². The number of fused-ring (bicyclic) bond motifs is 1. The molecular formula is C23H33N7O3S. The Balaban J connectivity index is 2.26. The fourth-order valence-corrected chi connectivity index (χ4v) is 5.18. The molecule has 0 saturated carbocycles. The minimum absolute atomic E-state index is 0.0602. The highest BCUT2D eigenvalue weighted by molar-refractivity contribution is 7.92. The summed E-state index contributed by atoms with van der Waals surface area (Å²) in [5.74, 6) is 0.273. The minimum atomic E-state index is -3.30. The number of aromatic nitrogens is 4. The van der Waals surface area contributed by atoms with Crippen molar-refractivity contribution in [2.45, 2.75) is 58.3 Å². The number of nitrogens with one attached hydrogen (secondary N) is 1. The lowest BCUT2D eigenvalue weighted by atomic mass is 10.0. The van der Waals surface area contributed by atoms with Crippen molar-refractivity contribution in [2.75, 3.05) is 18.5 Å². The summed E-state index contributed by atoms with van der Waals surface area (Å²) in [5.41, 5.74) is 6.57. The number of hydrogen-bond donors (Lipinski definition) is 2. The van der Waals surface area contributed by atoms with E-state index in [0.29, 0.717) is 12.3 Å². The van der Waals surface area contributed by atoms with Crippen molar-refractivity contribution in [3.8, 4) is 0 Å². The molecule has 3 rings (SSSR count). The first-order chi connectivity index (χ1) is 16.0. The van der Waals surface area contributed by atoms with Crippen LogP contribution in [-0.2, 0) is 16.3 Å². The molecule has 1 unspecified atom stereocenters. The molecule has 0 bridgehead atoms. The van der Waals surface area contributed by atoms with Gasteiger partial charge in [0.1, 0.15) is 15.2 Å². The van der Waals surface area contributed by atoms with E-state index in [1.807, 2.05) is 44.2 Å². The predicted molar refractivity (Wildman–Crippen MR) is 134 cm³/mol. The highest BCUT2D eigenvalue weighted by atomic mass is 32.2. The first-order valence-electron chi connectivity index (χ1n) is 11.3. The van der Waals surface area contributed by atoms with Crippen LogP contribution in [0.25, 0.3) is 11.2 Å². The first-order valence-corrected chi connectivity index (χ1v) is 13.1. The zero-order valence-electron chi connectivity index (χ0n) is 20.3. The molecule has 2 heterocycles. The van der Waals surface area contributed by atoms with Crippen molar-refractivity contribution in [1.29, 1.82) is 4.78 Å². The molecule has 0 aliphatic heterocycles. The van der Waals surface area contributed by atoms with Gasteiger partial charge < -0.3 is 10.6 Å². The zero-order valence-corrected chi connectivity index (χ0v) is 21.1. The van der Waals surface area contributed by atoms with Gasteiger partial charge in [-0.3, -0.25) is 4.57 Å². The van der Waals surface area contributed by atoms with Crippen molar-refractivity contribution in [3.63, 3.8) is 0 Å². The second kappa shape index (κ2) is 9.96. The van der Waals surface area contributed by atoms with Gasteiger partial charge in [0.15, 0.2) is 11.5 Å². The molecule has 2 aromatic heterocycles. The van der Waals surface area contributed by atoms with E-state index in [9.17, 15) is 13.8 Å². The van der Waals surface area contributed by atoms with Gasteiger partial charge in [-0.15, -0.1) is 0 Å². The van der Waals surface area contributed by atoms with Crippen molar-refractivity contribution in [3.05, 3.63) is 46.4 Å². The lowest BCUT2D eigenvalue weighted by Gasteiger charge is -2.26. The molecule has 0 spiro atoms. The number of carbonyl (C=O) groups is 1. The van der Waals surface area contributed by atoms with Crippen molar-refractivity contribution >= 4 is 32.7 Å². The third kappa shape index (κ3) is 4.98. The Morgan fingerprint density at radius 1 is 1.21 bits per heavy atom. The Bertz CT molecular complexity index is 1340. The Morgan fingerprint density at radius 3 is 2.44 bits per heavy atom. The van der Waals surface area contributed by atoms with Crippen LogP contribution in [0, 0.1) is 10.7 Å². The summed E-state index contributed by atoms with van der Waals surface area (Å²) < 4.78 is 23.5. The summed E-state index contributed by atoms with van der Waals surface area (Å²) in [7, 11) is -1.66. The van der Waals surface area contributed by atoms with Gasteiger partial charge in [-0.25, -0.2) is 28.1 Å². The van der Waals surface area contributed by atoms with Crippen LogP contribution in [0.5, 0.6) is 0 Å². The highest BCUT2D eigenvalue weighted by Crippen LogP contribution is 2.22. The smallest absolute Gasteiger partial charge is 0.339 e. The SMILES string of the molecule is CCCS(=N)(=O)c1nc(N)c2c(n1)n(Cc1ccccc1)c(=O)n2C(=O)N(C)[C@@H](C)CC(C)C. The molecule has 0 saturated heterocycles. The number of hydrogen-bond acceptors (Lipinski definition) is 7. The third-order valence-electron chi connectivity index (χ3n) is 5.71. The summed E-state index contributed by atoms with van der Waals surface area (Å²) >= 11 is 0. The number of benzene rings is 1. The number of amides is 1. The molecule has 0 aliphatic rings. The van der Waals surface area contributed by atoms with Gasteiger partial charge in [-0.05, 0) is 31.2 Å². The molecule has 10 nitrogen and oxygen atoms in total. The fraction of sp³-hybridized carbons (Fsp3) is 0.478. The van der Waals surface area contributed by atoms with E-state index in [0.717, 1.165) is 16.6 Å². The molecule has 2 atom stereocenters. The van der Waals surface area contributed by atoms with E-state index in [4.69, 9.17) is 10.5 Å². The molecule has 1 amide bonds. The zero-order chi connectivity index (χ0) is 25.2. The molecule has 3 N–H and O–H groups in total. The monoisotopic (exact) mass is 487 g/mol. The molecule has 0 aliphatic carbocycles. The maximum Gasteiger partial charge on any atom is 0.339 e. The predicted octanol–water partition coefficient (Wildman–Crippen LogP) is 3.37. The minimum Gasteiger partial charge on any atom is -0.382 e. The van der Waals surface area contributed by atoms with Gasteiger partial charge in [0.2, 0.25) is 5.16 Å². The number of anilines is 1. The fourth-order valence-electron chi connectivity index (χ4n) is 3.95. The summed E-state index contributed by atoms with van der Waals surface area (Å²) in [4.78, 5) is 37.0. The summed E-state index contributed by atoms with van der Waals surface area (Å²) in [6, 6.07) is 8.59. The van der Waals surface area contributed by atoms with Crippen molar-refractivity contribution in [2.24, 2.45) is 5.92 Å². The number of imidazole rings is 1. The Morgan fingerprint density at radius 2 is 1.85 bits per heavy atom. The van der Waals surface area contributed by atoms with Gasteiger partial charge >= 0.3 is 11.7 Å². The molecule has 0 radical (unpaired) electrons. The lowest BCUT2D eigenvalue weighted by Crippen LogP contribution is -2.43. The van der Waals surface area contributed by atoms with E-state index < -0.39 is 21.4 Å². The van der Waals surface area contributed by atoms with Crippen molar-refractivity contribution < 1.29 is 9.00 Å². The standard InChI is InChI=1S/C23H33N7O3S/c1-6-12-34(25,33)21-26-19(24)18-20(27-21)29(14-17-10-8-7-9-11-17)23(32)30(18)22(31)28(5)16(4)13-15(2)3/h7-11,15-16,25H,6,12-14H2,1-5H3,(H2,24,26,27)/t16-,34?/m0/s1. The van der Waals surface area contributed by atoms with E-state index >= 15 is 0 Å². The summed E-state index contributed by atoms with van der Waals surface area (Å²) in [5, 5.41) is -0.229. The normalized spacial score (nSPS) is 14.3. The van der Waals surface area contributed by atoms with Crippen LogP contribution in [0.1, 0.15) is 46.1 Å². The van der Waals surface area contributed by atoms with Crippen LogP contribution in [0.4, 0.5) is 10.6 Å². The summed E-state index contributed by atoms with van der Waals surface area (Å²) in [6.07, 6.45) is 1.26. The van der Waals surface area contributed by atoms with Crippen LogP contribution in [0.15, 0.2) is 40.3 Å². The molecule has 184 valence electrons. The van der Waals surface area contributed by atoms with Crippen LogP contribution in [-0.4, -0.2) is 53.1 Å². The number of carbonyl (C=O) groups excluding carboxylic acids is 1. The molecule has 1 aromatic carbocycles. The van der Waals surface area contributed by atoms with Crippen LogP contribution in [0.3, 0.4) is 0 Å². The lowest BCUT2D eigenvalue weighted by molar-refractivity contribution is 0.188. The molecular weight excluding hydrogens is 454 g/mol. The quantitative estimate of drug-likeness (QED) is 0.467. The summed E-state index contributed by atoms with van der Waals surface area (Å²) in [6.45, 7) is 7.99. The van der Waals surface area contributed by atoms with Crippen LogP contribution in [0.2, 0.25) is 0 Å². The molecule has 11 heteroatoms. The van der Waals surface area contributed by atoms with Gasteiger partial charge in [0.25, 0.3) is 0 Å². The van der Waals surface area contributed by atoms with E-state index in [2.05, 4.69) is 23.8 Å². The number of nitrogen functional groups attached to an aromatic ring is 1. The number of nitrogens with zero attached hydrogens (tertiary/aromatic N) is 5. The van der Waals surface area contributed by atoms with Crippen LogP contribution < -0.4 is 11.4 Å². The number of rotatable bonds is 8. The average Bonchev–Trinajstić information content (AvgIpc) is 3.05. The van der Waals surface area contributed by atoms with E-state index in [-0.39, 0.29) is 40.5 Å². The molecule has 34 heavy (non-hydrogen) atoms. The van der Waals surface area contributed by atoms with E-state index in [1.165, 1.54) is 9.47 Å². The average molecular weight is 488 g/mol. The second-order valence-corrected chi connectivity index (χ2v) is 11.1. The largest absolute Gasteiger partial charge is 0.382 e. The maximum absolute atomic E-state index is 13.6. The van der Waals surface area contributed by atoms with E-state index in [1.54, 1.807) is 7.05 Å². The Hall–Kier alpha value is -3.21. The Kier molecular flexibility index (Phi) is 7.44. The van der Waals surface area contributed by atoms with Crippen molar-refractivity contribution in [1.82, 2.24) is 24.0 Å².